The quantitative estimate of drug-likeness (QED) is 0.752. The summed E-state index contributed by atoms with van der Waals surface area (Å²) in [7, 11) is 0. The molecule has 100 valence electrons. The number of carboxylic acids is 1. The fraction of sp³-hybridized carbons (Fsp3) is 0.500. The van der Waals surface area contributed by atoms with Crippen LogP contribution in [0, 0.1) is 6.92 Å². The molecular formula is C12H19N3O3. The van der Waals surface area contributed by atoms with Gasteiger partial charge in [0.05, 0.1) is 5.69 Å². The number of anilines is 1. The van der Waals surface area contributed by atoms with E-state index in [0.29, 0.717) is 24.5 Å². The molecule has 0 saturated heterocycles. The lowest BCUT2D eigenvalue weighted by Crippen LogP contribution is -2.35. The molecule has 0 saturated carbocycles. The molecule has 3 N–H and O–H groups in total. The van der Waals surface area contributed by atoms with Crippen molar-refractivity contribution in [3.05, 3.63) is 17.5 Å². The van der Waals surface area contributed by atoms with E-state index in [1.165, 1.54) is 0 Å². The molecule has 1 aromatic heterocycles. The lowest BCUT2D eigenvalue weighted by Gasteiger charge is -2.20. The van der Waals surface area contributed by atoms with E-state index < -0.39 is 5.97 Å². The molecule has 0 fully saturated rings. The van der Waals surface area contributed by atoms with Crippen LogP contribution in [0.15, 0.2) is 6.07 Å². The van der Waals surface area contributed by atoms with Crippen LogP contribution in [0.4, 0.5) is 10.5 Å². The molecule has 0 spiro atoms. The third kappa shape index (κ3) is 3.26. The maximum Gasteiger partial charge on any atom is 0.354 e. The van der Waals surface area contributed by atoms with Crippen LogP contribution < -0.4 is 5.32 Å². The average Bonchev–Trinajstić information content (AvgIpc) is 2.67. The molecule has 1 heterocycles. The van der Waals surface area contributed by atoms with Crippen molar-refractivity contribution < 1.29 is 14.7 Å². The lowest BCUT2D eigenvalue weighted by atomic mass is 10.3. The number of amides is 2. The summed E-state index contributed by atoms with van der Waals surface area (Å²) in [6.07, 6.45) is 0.860. The fourth-order valence-electron chi connectivity index (χ4n) is 1.72. The summed E-state index contributed by atoms with van der Waals surface area (Å²) in [5.41, 5.74) is 1.01. The second-order valence-corrected chi connectivity index (χ2v) is 4.06. The number of hydrogen-bond donors (Lipinski definition) is 3. The van der Waals surface area contributed by atoms with Gasteiger partial charge in [-0.05, 0) is 26.3 Å². The number of aromatic nitrogens is 1. The molecular weight excluding hydrogens is 234 g/mol. The largest absolute Gasteiger partial charge is 0.477 e. The number of aromatic carboxylic acids is 1. The zero-order chi connectivity index (χ0) is 13.7. The van der Waals surface area contributed by atoms with E-state index in [1.54, 1.807) is 17.9 Å². The SMILES string of the molecule is CCCN(CC)C(=O)Nc1cc(C)[nH]c1C(=O)O. The van der Waals surface area contributed by atoms with Crippen LogP contribution in [0.3, 0.4) is 0 Å². The normalized spacial score (nSPS) is 10.2. The van der Waals surface area contributed by atoms with Crippen LogP contribution >= 0.6 is 0 Å². The Labute approximate surface area is 106 Å². The molecule has 6 heteroatoms. The Morgan fingerprint density at radius 3 is 2.61 bits per heavy atom. The predicted molar refractivity (Wildman–Crippen MR) is 69.0 cm³/mol. The standard InChI is InChI=1S/C12H19N3O3/c1-4-6-15(5-2)12(18)14-9-7-8(3)13-10(9)11(16)17/h7,13H,4-6H2,1-3H3,(H,14,18)(H,16,17). The third-order valence-electron chi connectivity index (χ3n) is 2.57. The number of nitrogens with zero attached hydrogens (tertiary/aromatic N) is 1. The maximum absolute atomic E-state index is 11.9. The van der Waals surface area contributed by atoms with Crippen LogP contribution in [0.5, 0.6) is 0 Å². The second kappa shape index (κ2) is 6.09. The number of carbonyl (C=O) groups is 2. The van der Waals surface area contributed by atoms with E-state index in [2.05, 4.69) is 10.3 Å². The Hall–Kier alpha value is -1.98. The number of carbonyl (C=O) groups excluding carboxylic acids is 1. The zero-order valence-electron chi connectivity index (χ0n) is 10.9. The van der Waals surface area contributed by atoms with Crippen LogP contribution in [0.1, 0.15) is 36.5 Å². The van der Waals surface area contributed by atoms with Gasteiger partial charge in [0.25, 0.3) is 0 Å². The van der Waals surface area contributed by atoms with Gasteiger partial charge in [0.1, 0.15) is 5.69 Å². The lowest BCUT2D eigenvalue weighted by molar-refractivity contribution is 0.0692. The monoisotopic (exact) mass is 253 g/mol. The van der Waals surface area contributed by atoms with Crippen LogP contribution in [0.2, 0.25) is 0 Å². The maximum atomic E-state index is 11.9. The zero-order valence-corrected chi connectivity index (χ0v) is 10.9. The van der Waals surface area contributed by atoms with Gasteiger partial charge in [0.15, 0.2) is 0 Å². The van der Waals surface area contributed by atoms with Crippen molar-refractivity contribution in [3.8, 4) is 0 Å². The van der Waals surface area contributed by atoms with Gasteiger partial charge >= 0.3 is 12.0 Å². The summed E-state index contributed by atoms with van der Waals surface area (Å²) in [6.45, 7) is 6.85. The van der Waals surface area contributed by atoms with Gasteiger partial charge in [-0.15, -0.1) is 0 Å². The van der Waals surface area contributed by atoms with E-state index in [9.17, 15) is 9.59 Å². The van der Waals surface area contributed by atoms with E-state index >= 15 is 0 Å². The summed E-state index contributed by atoms with van der Waals surface area (Å²) >= 11 is 0. The first kappa shape index (κ1) is 14.1. The highest BCUT2D eigenvalue weighted by molar-refractivity contribution is 5.99. The molecule has 0 aromatic carbocycles. The Kier molecular flexibility index (Phi) is 4.76. The summed E-state index contributed by atoms with van der Waals surface area (Å²) in [5, 5.41) is 11.6. The second-order valence-electron chi connectivity index (χ2n) is 4.06. The van der Waals surface area contributed by atoms with Crippen LogP contribution in [-0.2, 0) is 0 Å². The van der Waals surface area contributed by atoms with Gasteiger partial charge in [0, 0.05) is 18.8 Å². The number of aromatic amines is 1. The number of urea groups is 1. The molecule has 18 heavy (non-hydrogen) atoms. The summed E-state index contributed by atoms with van der Waals surface area (Å²) < 4.78 is 0. The van der Waals surface area contributed by atoms with Crippen molar-refractivity contribution >= 4 is 17.7 Å². The van der Waals surface area contributed by atoms with E-state index in [0.717, 1.165) is 6.42 Å². The Morgan fingerprint density at radius 1 is 1.44 bits per heavy atom. The van der Waals surface area contributed by atoms with Gasteiger partial charge in [0.2, 0.25) is 0 Å². The van der Waals surface area contributed by atoms with Gasteiger partial charge in [-0.2, -0.15) is 0 Å². The molecule has 6 nitrogen and oxygen atoms in total. The topological polar surface area (TPSA) is 85.4 Å². The molecule has 0 radical (unpaired) electrons. The van der Waals surface area contributed by atoms with Crippen molar-refractivity contribution in [1.29, 1.82) is 0 Å². The summed E-state index contributed by atoms with van der Waals surface area (Å²) in [6, 6.07) is 1.34. The van der Waals surface area contributed by atoms with E-state index in [1.807, 2.05) is 13.8 Å². The third-order valence-corrected chi connectivity index (χ3v) is 2.57. The smallest absolute Gasteiger partial charge is 0.354 e. The molecule has 0 aliphatic heterocycles. The molecule has 2 amide bonds. The summed E-state index contributed by atoms with van der Waals surface area (Å²) in [4.78, 5) is 27.2. The molecule has 0 aliphatic rings. The Bertz CT molecular complexity index is 440. The van der Waals surface area contributed by atoms with Crippen molar-refractivity contribution in [2.45, 2.75) is 27.2 Å². The van der Waals surface area contributed by atoms with Crippen molar-refractivity contribution in [3.63, 3.8) is 0 Å². The molecule has 0 atom stereocenters. The molecule has 0 unspecified atom stereocenters. The Morgan fingerprint density at radius 2 is 2.11 bits per heavy atom. The fourth-order valence-corrected chi connectivity index (χ4v) is 1.72. The molecule has 0 aliphatic carbocycles. The first-order valence-electron chi connectivity index (χ1n) is 5.98. The number of H-pyrrole nitrogens is 1. The molecule has 0 bridgehead atoms. The predicted octanol–water partition coefficient (Wildman–Crippen LogP) is 2.29. The summed E-state index contributed by atoms with van der Waals surface area (Å²) in [5.74, 6) is -1.09. The van der Waals surface area contributed by atoms with Crippen molar-refractivity contribution in [1.82, 2.24) is 9.88 Å². The van der Waals surface area contributed by atoms with Crippen molar-refractivity contribution in [2.24, 2.45) is 0 Å². The highest BCUT2D eigenvalue weighted by Crippen LogP contribution is 2.17. The minimum absolute atomic E-state index is 0.00778. The highest BCUT2D eigenvalue weighted by atomic mass is 16.4. The van der Waals surface area contributed by atoms with Crippen LogP contribution in [0.25, 0.3) is 0 Å². The van der Waals surface area contributed by atoms with Crippen molar-refractivity contribution in [2.75, 3.05) is 18.4 Å². The number of rotatable bonds is 5. The average molecular weight is 253 g/mol. The van der Waals surface area contributed by atoms with E-state index in [-0.39, 0.29) is 11.7 Å². The number of carboxylic acid groups (broad SMARTS) is 1. The Balaban J connectivity index is 2.83. The number of aryl methyl sites for hydroxylation is 1. The van der Waals surface area contributed by atoms with Gasteiger partial charge in [-0.3, -0.25) is 0 Å². The van der Waals surface area contributed by atoms with Gasteiger partial charge < -0.3 is 20.3 Å². The highest BCUT2D eigenvalue weighted by Gasteiger charge is 2.17. The first-order valence-corrected chi connectivity index (χ1v) is 5.98. The minimum atomic E-state index is -1.09. The van der Waals surface area contributed by atoms with E-state index in [4.69, 9.17) is 5.11 Å². The first-order chi connectivity index (χ1) is 8.49. The minimum Gasteiger partial charge on any atom is -0.477 e. The molecule has 1 rings (SSSR count). The molecule has 1 aromatic rings. The number of hydrogen-bond acceptors (Lipinski definition) is 2. The van der Waals surface area contributed by atoms with Gasteiger partial charge in [-0.1, -0.05) is 6.92 Å². The number of nitrogens with one attached hydrogen (secondary N) is 2. The van der Waals surface area contributed by atoms with Crippen LogP contribution in [-0.4, -0.2) is 40.1 Å². The van der Waals surface area contributed by atoms with Gasteiger partial charge in [-0.25, -0.2) is 9.59 Å².